The van der Waals surface area contributed by atoms with E-state index in [4.69, 9.17) is 4.74 Å². The van der Waals surface area contributed by atoms with E-state index in [1.54, 1.807) is 11.6 Å². The molecular weight excluding hydrogens is 326 g/mol. The summed E-state index contributed by atoms with van der Waals surface area (Å²) in [5.74, 6) is -0.836. The Morgan fingerprint density at radius 1 is 1.38 bits per heavy atom. The van der Waals surface area contributed by atoms with Crippen molar-refractivity contribution in [1.29, 1.82) is 0 Å². The number of rotatable bonds is 5. The molecule has 6 nitrogen and oxygen atoms in total. The highest BCUT2D eigenvalue weighted by Crippen LogP contribution is 2.24. The predicted molar refractivity (Wildman–Crippen MR) is 94.6 cm³/mol. The maximum absolute atomic E-state index is 12.3. The van der Waals surface area contributed by atoms with E-state index >= 15 is 0 Å². The van der Waals surface area contributed by atoms with Gasteiger partial charge in [0.15, 0.2) is 6.10 Å². The van der Waals surface area contributed by atoms with Crippen molar-refractivity contribution in [3.05, 3.63) is 32.8 Å². The van der Waals surface area contributed by atoms with E-state index in [-0.39, 0.29) is 5.91 Å². The van der Waals surface area contributed by atoms with Gasteiger partial charge in [0.1, 0.15) is 4.88 Å². The number of ether oxygens (including phenoxy) is 1. The molecule has 2 rings (SSSR count). The zero-order valence-corrected chi connectivity index (χ0v) is 15.7. The lowest BCUT2D eigenvalue weighted by Gasteiger charge is -2.13. The second kappa shape index (κ2) is 7.17. The van der Waals surface area contributed by atoms with Gasteiger partial charge in [0.05, 0.1) is 17.1 Å². The normalized spacial score (nSPS) is 12.1. The minimum Gasteiger partial charge on any atom is -0.448 e. The minimum atomic E-state index is -0.885. The van der Waals surface area contributed by atoms with E-state index in [2.05, 4.69) is 10.4 Å². The summed E-state index contributed by atoms with van der Waals surface area (Å²) >= 11 is 1.41. The summed E-state index contributed by atoms with van der Waals surface area (Å²) in [5, 5.41) is 7.04. The maximum Gasteiger partial charge on any atom is 0.349 e. The van der Waals surface area contributed by atoms with Crippen molar-refractivity contribution < 1.29 is 14.3 Å². The summed E-state index contributed by atoms with van der Waals surface area (Å²) in [6, 6.07) is 1.81. The molecule has 0 aromatic carbocycles. The third-order valence-corrected chi connectivity index (χ3v) is 5.31. The van der Waals surface area contributed by atoms with Gasteiger partial charge in [-0.2, -0.15) is 5.10 Å². The van der Waals surface area contributed by atoms with Crippen molar-refractivity contribution in [3.63, 3.8) is 0 Å². The Bertz CT molecular complexity index is 776. The van der Waals surface area contributed by atoms with E-state index in [0.717, 1.165) is 28.2 Å². The van der Waals surface area contributed by atoms with Crippen molar-refractivity contribution in [1.82, 2.24) is 9.78 Å². The fourth-order valence-electron chi connectivity index (χ4n) is 2.42. The van der Waals surface area contributed by atoms with Gasteiger partial charge in [-0.05, 0) is 45.7 Å². The lowest BCUT2D eigenvalue weighted by Crippen LogP contribution is -2.30. The van der Waals surface area contributed by atoms with Gasteiger partial charge in [0, 0.05) is 11.9 Å². The summed E-state index contributed by atoms with van der Waals surface area (Å²) in [4.78, 5) is 26.2. The van der Waals surface area contributed by atoms with Crippen LogP contribution in [0.15, 0.2) is 6.07 Å². The van der Waals surface area contributed by atoms with Crippen LogP contribution in [0.3, 0.4) is 0 Å². The fraction of sp³-hybridized carbons (Fsp3) is 0.471. The van der Waals surface area contributed by atoms with Crippen molar-refractivity contribution in [2.45, 2.75) is 47.1 Å². The summed E-state index contributed by atoms with van der Waals surface area (Å²) in [5.41, 5.74) is 3.31. The van der Waals surface area contributed by atoms with Gasteiger partial charge < -0.3 is 10.1 Å². The van der Waals surface area contributed by atoms with Crippen LogP contribution in [0, 0.1) is 20.8 Å². The molecule has 0 spiro atoms. The van der Waals surface area contributed by atoms with Crippen LogP contribution in [0.5, 0.6) is 0 Å². The number of carbonyl (C=O) groups excluding carboxylic acids is 2. The van der Waals surface area contributed by atoms with Crippen LogP contribution >= 0.6 is 11.3 Å². The highest BCUT2D eigenvalue weighted by Gasteiger charge is 2.22. The van der Waals surface area contributed by atoms with E-state index in [0.29, 0.717) is 10.6 Å². The van der Waals surface area contributed by atoms with Gasteiger partial charge in [-0.3, -0.25) is 9.48 Å². The van der Waals surface area contributed by atoms with Gasteiger partial charge in [-0.1, -0.05) is 6.92 Å². The molecule has 0 aliphatic carbocycles. The molecule has 2 heterocycles. The number of aryl methyl sites for hydroxylation is 4. The monoisotopic (exact) mass is 349 g/mol. The zero-order chi connectivity index (χ0) is 18.0. The number of nitrogens with zero attached hydrogens (tertiary/aromatic N) is 2. The van der Waals surface area contributed by atoms with Gasteiger partial charge >= 0.3 is 5.97 Å². The second-order valence-electron chi connectivity index (χ2n) is 5.78. The first-order valence-corrected chi connectivity index (χ1v) is 8.67. The number of thiophene rings is 1. The number of hydrogen-bond acceptors (Lipinski definition) is 5. The van der Waals surface area contributed by atoms with E-state index in [1.807, 2.05) is 40.8 Å². The predicted octanol–water partition coefficient (Wildman–Crippen LogP) is 3.15. The molecule has 24 heavy (non-hydrogen) atoms. The van der Waals surface area contributed by atoms with Crippen LogP contribution in [0.1, 0.15) is 45.3 Å². The van der Waals surface area contributed by atoms with Crippen LogP contribution in [0.25, 0.3) is 0 Å². The third kappa shape index (κ3) is 3.67. The van der Waals surface area contributed by atoms with Gasteiger partial charge in [0.2, 0.25) is 0 Å². The van der Waals surface area contributed by atoms with E-state index in [1.165, 1.54) is 11.3 Å². The van der Waals surface area contributed by atoms with Crippen molar-refractivity contribution in [3.8, 4) is 0 Å². The minimum absolute atomic E-state index is 0.369. The molecule has 0 saturated carbocycles. The number of esters is 1. The van der Waals surface area contributed by atoms with Crippen molar-refractivity contribution in [2.75, 3.05) is 5.32 Å². The number of anilines is 1. The molecule has 1 atom stereocenters. The van der Waals surface area contributed by atoms with Crippen LogP contribution in [-0.2, 0) is 23.0 Å². The zero-order valence-electron chi connectivity index (χ0n) is 14.9. The molecule has 0 radical (unpaired) electrons. The fourth-order valence-corrected chi connectivity index (χ4v) is 3.42. The molecule has 0 unspecified atom stereocenters. The Labute approximate surface area is 145 Å². The quantitative estimate of drug-likeness (QED) is 0.842. The molecule has 130 valence electrons. The molecule has 2 aromatic heterocycles. The number of carbonyl (C=O) groups is 2. The molecule has 1 amide bonds. The Balaban J connectivity index is 2.04. The Kier molecular flexibility index (Phi) is 5.43. The molecule has 0 fully saturated rings. The smallest absolute Gasteiger partial charge is 0.349 e. The number of amides is 1. The largest absolute Gasteiger partial charge is 0.448 e. The lowest BCUT2D eigenvalue weighted by atomic mass is 10.2. The average molecular weight is 349 g/mol. The third-order valence-electron chi connectivity index (χ3n) is 3.95. The van der Waals surface area contributed by atoms with Crippen LogP contribution < -0.4 is 5.32 Å². The standard InChI is InChI=1S/C17H23N3O3S/c1-7-13-9(2)8-14(24-13)17(22)23-12(5)16(21)18-15-10(3)19-20(6)11(15)4/h8,12H,7H2,1-6H3,(H,18,21)/t12-/m1/s1. The summed E-state index contributed by atoms with van der Waals surface area (Å²) < 4.78 is 7.00. The Morgan fingerprint density at radius 2 is 2.04 bits per heavy atom. The highest BCUT2D eigenvalue weighted by atomic mass is 32.1. The summed E-state index contributed by atoms with van der Waals surface area (Å²) in [6.07, 6.45) is -0.0108. The van der Waals surface area contributed by atoms with Crippen LogP contribution in [0.2, 0.25) is 0 Å². The number of aromatic nitrogens is 2. The van der Waals surface area contributed by atoms with E-state index < -0.39 is 12.1 Å². The molecule has 0 bridgehead atoms. The lowest BCUT2D eigenvalue weighted by molar-refractivity contribution is -0.123. The van der Waals surface area contributed by atoms with Gasteiger partial charge in [-0.15, -0.1) is 11.3 Å². The summed E-state index contributed by atoms with van der Waals surface area (Å²) in [6.45, 7) is 9.27. The van der Waals surface area contributed by atoms with Crippen LogP contribution in [-0.4, -0.2) is 27.8 Å². The molecular formula is C17H23N3O3S. The first-order valence-electron chi connectivity index (χ1n) is 7.85. The van der Waals surface area contributed by atoms with Crippen molar-refractivity contribution >= 4 is 28.9 Å². The second-order valence-corrected chi connectivity index (χ2v) is 6.91. The summed E-state index contributed by atoms with van der Waals surface area (Å²) in [7, 11) is 1.81. The average Bonchev–Trinajstić information content (AvgIpc) is 3.02. The molecule has 0 saturated heterocycles. The molecule has 2 aromatic rings. The maximum atomic E-state index is 12.3. The highest BCUT2D eigenvalue weighted by molar-refractivity contribution is 7.14. The topological polar surface area (TPSA) is 73.2 Å². The first-order chi connectivity index (χ1) is 11.2. The number of hydrogen-bond donors (Lipinski definition) is 1. The molecule has 0 aliphatic rings. The number of nitrogens with one attached hydrogen (secondary N) is 1. The molecule has 7 heteroatoms. The Hall–Kier alpha value is -2.15. The van der Waals surface area contributed by atoms with Crippen molar-refractivity contribution in [2.24, 2.45) is 7.05 Å². The SMILES string of the molecule is CCc1sc(C(=O)O[C@H](C)C(=O)Nc2c(C)nn(C)c2C)cc1C. The first kappa shape index (κ1) is 18.2. The van der Waals surface area contributed by atoms with Crippen LogP contribution in [0.4, 0.5) is 5.69 Å². The van der Waals surface area contributed by atoms with Gasteiger partial charge in [0.25, 0.3) is 5.91 Å². The van der Waals surface area contributed by atoms with Gasteiger partial charge in [-0.25, -0.2) is 4.79 Å². The molecule has 1 N–H and O–H groups in total. The van der Waals surface area contributed by atoms with E-state index in [9.17, 15) is 9.59 Å². The molecule has 0 aliphatic heterocycles. The Morgan fingerprint density at radius 3 is 2.54 bits per heavy atom.